The van der Waals surface area contributed by atoms with Crippen LogP contribution >= 0.6 is 12.2 Å². The average molecular weight is 286 g/mol. The number of aromatic nitrogens is 1. The van der Waals surface area contributed by atoms with Crippen molar-refractivity contribution in [1.82, 2.24) is 4.98 Å². The van der Waals surface area contributed by atoms with Crippen LogP contribution in [-0.2, 0) is 0 Å². The summed E-state index contributed by atoms with van der Waals surface area (Å²) in [6.45, 7) is 8.07. The molecule has 1 aromatic carbocycles. The van der Waals surface area contributed by atoms with Gasteiger partial charge in [0.2, 0.25) is 5.88 Å². The Morgan fingerprint density at radius 3 is 2.50 bits per heavy atom. The van der Waals surface area contributed by atoms with Crippen molar-refractivity contribution in [3.63, 3.8) is 0 Å². The number of benzene rings is 1. The molecule has 0 spiro atoms. The molecule has 0 bridgehead atoms. The maximum absolute atomic E-state index is 5.97. The van der Waals surface area contributed by atoms with E-state index in [4.69, 9.17) is 22.7 Å². The number of rotatable bonds is 3. The van der Waals surface area contributed by atoms with Crippen LogP contribution in [0.1, 0.15) is 27.8 Å². The molecule has 0 saturated heterocycles. The predicted octanol–water partition coefficient (Wildman–Crippen LogP) is 3.74. The van der Waals surface area contributed by atoms with Crippen molar-refractivity contribution in [2.75, 3.05) is 0 Å². The zero-order valence-corrected chi connectivity index (χ0v) is 13.0. The number of thiocarbonyl (C=S) groups is 1. The van der Waals surface area contributed by atoms with E-state index in [1.54, 1.807) is 6.20 Å². The second-order valence-electron chi connectivity index (χ2n) is 4.98. The fourth-order valence-electron chi connectivity index (χ4n) is 2.12. The molecule has 0 radical (unpaired) electrons. The first-order chi connectivity index (χ1) is 9.40. The molecular formula is C16H18N2OS. The van der Waals surface area contributed by atoms with E-state index >= 15 is 0 Å². The molecule has 3 nitrogen and oxygen atoms in total. The van der Waals surface area contributed by atoms with Crippen molar-refractivity contribution in [3.05, 3.63) is 52.2 Å². The largest absolute Gasteiger partial charge is 0.438 e. The SMILES string of the molecule is Cc1cc(C)c(C)c(Oc2nccc(C)c2C(N)=S)c1. The molecule has 4 heteroatoms. The number of hydrogen-bond acceptors (Lipinski definition) is 3. The summed E-state index contributed by atoms with van der Waals surface area (Å²) >= 11 is 5.10. The van der Waals surface area contributed by atoms with Gasteiger partial charge in [0.1, 0.15) is 10.7 Å². The molecule has 0 aliphatic heterocycles. The Morgan fingerprint density at radius 2 is 1.85 bits per heavy atom. The molecule has 2 rings (SSSR count). The summed E-state index contributed by atoms with van der Waals surface area (Å²) < 4.78 is 5.97. The molecule has 0 aliphatic carbocycles. The minimum Gasteiger partial charge on any atom is -0.438 e. The minimum absolute atomic E-state index is 0.299. The van der Waals surface area contributed by atoms with Crippen LogP contribution in [0.3, 0.4) is 0 Å². The van der Waals surface area contributed by atoms with Gasteiger partial charge in [-0.05, 0) is 62.1 Å². The van der Waals surface area contributed by atoms with Crippen molar-refractivity contribution >= 4 is 17.2 Å². The lowest BCUT2D eigenvalue weighted by atomic mass is 10.1. The lowest BCUT2D eigenvalue weighted by molar-refractivity contribution is 0.457. The van der Waals surface area contributed by atoms with Crippen molar-refractivity contribution in [3.8, 4) is 11.6 Å². The molecular weight excluding hydrogens is 268 g/mol. The Hall–Kier alpha value is -1.94. The average Bonchev–Trinajstić information content (AvgIpc) is 2.35. The van der Waals surface area contributed by atoms with Gasteiger partial charge in [-0.3, -0.25) is 0 Å². The second-order valence-corrected chi connectivity index (χ2v) is 5.42. The zero-order chi connectivity index (χ0) is 14.9. The Bertz CT molecular complexity index is 680. The van der Waals surface area contributed by atoms with Crippen LogP contribution in [0.2, 0.25) is 0 Å². The van der Waals surface area contributed by atoms with Crippen LogP contribution in [0.4, 0.5) is 0 Å². The van der Waals surface area contributed by atoms with E-state index in [1.807, 2.05) is 32.9 Å². The molecule has 1 aromatic heterocycles. The Kier molecular flexibility index (Phi) is 4.04. The standard InChI is InChI=1S/C16H18N2OS/c1-9-7-11(3)12(4)13(8-9)19-16-14(15(17)20)10(2)5-6-18-16/h5-8H,1-4H3,(H2,17,20). The summed E-state index contributed by atoms with van der Waals surface area (Å²) in [6.07, 6.45) is 1.70. The number of aryl methyl sites for hydroxylation is 3. The van der Waals surface area contributed by atoms with Crippen LogP contribution in [0.5, 0.6) is 11.6 Å². The fourth-order valence-corrected chi connectivity index (χ4v) is 2.37. The lowest BCUT2D eigenvalue weighted by Crippen LogP contribution is -2.13. The van der Waals surface area contributed by atoms with Crippen molar-refractivity contribution in [1.29, 1.82) is 0 Å². The molecule has 0 atom stereocenters. The van der Waals surface area contributed by atoms with Gasteiger partial charge in [-0.15, -0.1) is 0 Å². The van der Waals surface area contributed by atoms with E-state index in [-0.39, 0.29) is 0 Å². The van der Waals surface area contributed by atoms with Crippen molar-refractivity contribution < 1.29 is 4.74 Å². The Balaban J connectivity index is 2.51. The molecule has 1 heterocycles. The highest BCUT2D eigenvalue weighted by molar-refractivity contribution is 7.80. The number of pyridine rings is 1. The van der Waals surface area contributed by atoms with Gasteiger partial charge in [-0.2, -0.15) is 0 Å². The zero-order valence-electron chi connectivity index (χ0n) is 12.2. The smallest absolute Gasteiger partial charge is 0.229 e. The van der Waals surface area contributed by atoms with E-state index in [1.165, 1.54) is 5.56 Å². The number of nitrogens with two attached hydrogens (primary N) is 1. The third kappa shape index (κ3) is 2.80. The minimum atomic E-state index is 0.299. The summed E-state index contributed by atoms with van der Waals surface area (Å²) in [7, 11) is 0. The summed E-state index contributed by atoms with van der Waals surface area (Å²) in [4.78, 5) is 4.57. The monoisotopic (exact) mass is 286 g/mol. The van der Waals surface area contributed by atoms with Gasteiger partial charge in [0, 0.05) is 6.20 Å². The van der Waals surface area contributed by atoms with Crippen LogP contribution in [0.15, 0.2) is 24.4 Å². The molecule has 0 fully saturated rings. The summed E-state index contributed by atoms with van der Waals surface area (Å²) in [5.41, 5.74) is 10.9. The van der Waals surface area contributed by atoms with Crippen molar-refractivity contribution in [2.45, 2.75) is 27.7 Å². The third-order valence-corrected chi connectivity index (χ3v) is 3.55. The molecule has 20 heavy (non-hydrogen) atoms. The first-order valence-corrected chi connectivity index (χ1v) is 6.82. The molecule has 0 saturated carbocycles. The second kappa shape index (κ2) is 5.59. The van der Waals surface area contributed by atoms with Gasteiger partial charge in [0.25, 0.3) is 0 Å². The van der Waals surface area contributed by atoms with E-state index in [2.05, 4.69) is 18.0 Å². The highest BCUT2D eigenvalue weighted by atomic mass is 32.1. The quantitative estimate of drug-likeness (QED) is 0.873. The predicted molar refractivity (Wildman–Crippen MR) is 85.6 cm³/mol. The van der Waals surface area contributed by atoms with Gasteiger partial charge in [-0.25, -0.2) is 4.98 Å². The number of hydrogen-bond donors (Lipinski definition) is 1. The van der Waals surface area contributed by atoms with E-state index < -0.39 is 0 Å². The van der Waals surface area contributed by atoms with Gasteiger partial charge in [0.15, 0.2) is 0 Å². The highest BCUT2D eigenvalue weighted by Crippen LogP contribution is 2.30. The maximum atomic E-state index is 5.97. The molecule has 104 valence electrons. The third-order valence-electron chi connectivity index (χ3n) is 3.34. The van der Waals surface area contributed by atoms with E-state index in [0.717, 1.165) is 22.4 Å². The molecule has 2 N–H and O–H groups in total. The maximum Gasteiger partial charge on any atom is 0.229 e. The van der Waals surface area contributed by atoms with Crippen LogP contribution in [-0.4, -0.2) is 9.97 Å². The highest BCUT2D eigenvalue weighted by Gasteiger charge is 2.14. The first kappa shape index (κ1) is 14.5. The van der Waals surface area contributed by atoms with Gasteiger partial charge < -0.3 is 10.5 Å². The number of ether oxygens (including phenoxy) is 1. The van der Waals surface area contributed by atoms with Crippen LogP contribution in [0, 0.1) is 27.7 Å². The Labute approximate surface area is 124 Å². The number of nitrogens with zero attached hydrogens (tertiary/aromatic N) is 1. The molecule has 0 unspecified atom stereocenters. The first-order valence-electron chi connectivity index (χ1n) is 6.41. The summed E-state index contributed by atoms with van der Waals surface area (Å²) in [6, 6.07) is 5.99. The molecule has 0 aliphatic rings. The van der Waals surface area contributed by atoms with Gasteiger partial charge in [-0.1, -0.05) is 18.3 Å². The molecule has 2 aromatic rings. The topological polar surface area (TPSA) is 48.1 Å². The van der Waals surface area contributed by atoms with Crippen molar-refractivity contribution in [2.24, 2.45) is 5.73 Å². The van der Waals surface area contributed by atoms with Gasteiger partial charge >= 0.3 is 0 Å². The van der Waals surface area contributed by atoms with Crippen LogP contribution < -0.4 is 10.5 Å². The fraction of sp³-hybridized carbons (Fsp3) is 0.250. The van der Waals surface area contributed by atoms with E-state index in [9.17, 15) is 0 Å². The Morgan fingerprint density at radius 1 is 1.15 bits per heavy atom. The summed E-state index contributed by atoms with van der Waals surface area (Å²) in [5, 5.41) is 0. The summed E-state index contributed by atoms with van der Waals surface area (Å²) in [5.74, 6) is 1.25. The lowest BCUT2D eigenvalue weighted by Gasteiger charge is -2.14. The molecule has 0 amide bonds. The van der Waals surface area contributed by atoms with Crippen LogP contribution in [0.25, 0.3) is 0 Å². The normalized spacial score (nSPS) is 10.4. The van der Waals surface area contributed by atoms with Gasteiger partial charge in [0.05, 0.1) is 5.56 Å². The van der Waals surface area contributed by atoms with E-state index in [0.29, 0.717) is 16.4 Å².